The number of halogens is 1. The second-order valence-corrected chi connectivity index (χ2v) is 4.02. The molecule has 0 aliphatic heterocycles. The van der Waals surface area contributed by atoms with Crippen LogP contribution in [0.3, 0.4) is 0 Å². The number of rotatable bonds is 4. The van der Waals surface area contributed by atoms with Crippen molar-refractivity contribution in [1.29, 1.82) is 0 Å². The molecule has 80 valence electrons. The Balaban J connectivity index is 4.68. The van der Waals surface area contributed by atoms with Crippen LogP contribution in [0.15, 0.2) is 27.9 Å². The van der Waals surface area contributed by atoms with Gasteiger partial charge in [0.1, 0.15) is 5.84 Å². The molecule has 0 fully saturated rings. The lowest BCUT2D eigenvalue weighted by Crippen LogP contribution is -2.20. The lowest BCUT2D eigenvalue weighted by molar-refractivity contribution is 0.731. The SMILES string of the molecule is C=C(N=C(N)C(C)CC)/C(C)=C(\C)Cl. The fourth-order valence-corrected chi connectivity index (χ4v) is 0.867. The molecule has 14 heavy (non-hydrogen) atoms. The number of amidine groups is 1. The molecule has 0 radical (unpaired) electrons. The minimum Gasteiger partial charge on any atom is -0.387 e. The second kappa shape index (κ2) is 5.86. The van der Waals surface area contributed by atoms with E-state index in [4.69, 9.17) is 17.3 Å². The Morgan fingerprint density at radius 3 is 2.36 bits per heavy atom. The maximum absolute atomic E-state index is 5.83. The van der Waals surface area contributed by atoms with Crippen LogP contribution >= 0.6 is 11.6 Å². The Morgan fingerprint density at radius 2 is 2.00 bits per heavy atom. The summed E-state index contributed by atoms with van der Waals surface area (Å²) in [5.74, 6) is 0.907. The summed E-state index contributed by atoms with van der Waals surface area (Å²) in [5.41, 5.74) is 7.33. The molecule has 1 atom stereocenters. The topological polar surface area (TPSA) is 38.4 Å². The summed E-state index contributed by atoms with van der Waals surface area (Å²) in [6.45, 7) is 11.6. The zero-order valence-electron chi connectivity index (χ0n) is 9.39. The first-order chi connectivity index (χ1) is 6.40. The van der Waals surface area contributed by atoms with Gasteiger partial charge in [0.15, 0.2) is 0 Å². The zero-order chi connectivity index (χ0) is 11.3. The van der Waals surface area contributed by atoms with E-state index in [1.165, 1.54) is 0 Å². The summed E-state index contributed by atoms with van der Waals surface area (Å²) in [6, 6.07) is 0. The Bertz CT molecular complexity index is 273. The summed E-state index contributed by atoms with van der Waals surface area (Å²) in [4.78, 5) is 4.23. The van der Waals surface area contributed by atoms with E-state index in [1.54, 1.807) is 0 Å². The van der Waals surface area contributed by atoms with E-state index in [9.17, 15) is 0 Å². The zero-order valence-corrected chi connectivity index (χ0v) is 10.2. The molecule has 0 saturated carbocycles. The van der Waals surface area contributed by atoms with Crippen LogP contribution in [0.25, 0.3) is 0 Å². The smallest absolute Gasteiger partial charge is 0.102 e. The predicted octanol–water partition coefficient (Wildman–Crippen LogP) is 3.44. The minimum absolute atomic E-state index is 0.287. The molecule has 2 N–H and O–H groups in total. The molecule has 0 aromatic carbocycles. The quantitative estimate of drug-likeness (QED) is 0.435. The third-order valence-electron chi connectivity index (χ3n) is 2.33. The van der Waals surface area contributed by atoms with Gasteiger partial charge >= 0.3 is 0 Å². The van der Waals surface area contributed by atoms with Crippen molar-refractivity contribution in [1.82, 2.24) is 0 Å². The van der Waals surface area contributed by atoms with E-state index in [0.717, 1.165) is 12.0 Å². The highest BCUT2D eigenvalue weighted by molar-refractivity contribution is 6.29. The number of hydrogen-bond donors (Lipinski definition) is 1. The fourth-order valence-electron chi connectivity index (χ4n) is 0.758. The van der Waals surface area contributed by atoms with E-state index in [1.807, 2.05) is 20.8 Å². The molecule has 0 saturated heterocycles. The van der Waals surface area contributed by atoms with Gasteiger partial charge < -0.3 is 5.73 Å². The van der Waals surface area contributed by atoms with Gasteiger partial charge in [-0.05, 0) is 25.8 Å². The summed E-state index contributed by atoms with van der Waals surface area (Å²) < 4.78 is 0. The molecule has 0 bridgehead atoms. The lowest BCUT2D eigenvalue weighted by atomic mass is 10.1. The monoisotopic (exact) mass is 214 g/mol. The minimum atomic E-state index is 0.287. The first kappa shape index (κ1) is 13.2. The third kappa shape index (κ3) is 3.97. The number of nitrogens with two attached hydrogens (primary N) is 1. The van der Waals surface area contributed by atoms with Crippen LogP contribution in [-0.2, 0) is 0 Å². The van der Waals surface area contributed by atoms with Gasteiger partial charge in [0.05, 0.1) is 5.70 Å². The largest absolute Gasteiger partial charge is 0.387 e. The molecule has 0 aliphatic carbocycles. The van der Waals surface area contributed by atoms with E-state index < -0.39 is 0 Å². The molecule has 0 aromatic heterocycles. The Labute approximate surface area is 91.5 Å². The molecular weight excluding hydrogens is 196 g/mol. The molecule has 0 rings (SSSR count). The highest BCUT2D eigenvalue weighted by atomic mass is 35.5. The van der Waals surface area contributed by atoms with Crippen molar-refractivity contribution in [3.63, 3.8) is 0 Å². The van der Waals surface area contributed by atoms with Crippen LogP contribution < -0.4 is 5.73 Å². The van der Waals surface area contributed by atoms with Gasteiger partial charge in [0, 0.05) is 11.0 Å². The third-order valence-corrected chi connectivity index (χ3v) is 2.61. The van der Waals surface area contributed by atoms with Crippen molar-refractivity contribution in [2.24, 2.45) is 16.6 Å². The first-order valence-corrected chi connectivity index (χ1v) is 5.14. The van der Waals surface area contributed by atoms with Crippen LogP contribution in [0, 0.1) is 5.92 Å². The van der Waals surface area contributed by atoms with Gasteiger partial charge in [-0.15, -0.1) is 0 Å². The summed E-state index contributed by atoms with van der Waals surface area (Å²) in [6.07, 6.45) is 0.977. The van der Waals surface area contributed by atoms with Crippen molar-refractivity contribution < 1.29 is 0 Å². The maximum Gasteiger partial charge on any atom is 0.102 e. The molecular formula is C11H19ClN2. The fraction of sp³-hybridized carbons (Fsp3) is 0.545. The number of nitrogens with zero attached hydrogens (tertiary/aromatic N) is 1. The molecule has 0 aromatic rings. The average Bonchev–Trinajstić information content (AvgIpc) is 2.14. The van der Waals surface area contributed by atoms with Crippen LogP contribution in [0.4, 0.5) is 0 Å². The van der Waals surface area contributed by atoms with Crippen molar-refractivity contribution in [2.45, 2.75) is 34.1 Å². The van der Waals surface area contributed by atoms with Gasteiger partial charge in [-0.25, -0.2) is 4.99 Å². The Kier molecular flexibility index (Phi) is 5.55. The average molecular weight is 215 g/mol. The van der Waals surface area contributed by atoms with Gasteiger partial charge in [0.2, 0.25) is 0 Å². The molecule has 3 heteroatoms. The van der Waals surface area contributed by atoms with E-state index in [0.29, 0.717) is 16.6 Å². The Hall–Kier alpha value is -0.760. The second-order valence-electron chi connectivity index (χ2n) is 3.45. The molecule has 0 spiro atoms. The summed E-state index contributed by atoms with van der Waals surface area (Å²) in [5, 5.41) is 0.704. The number of allylic oxidation sites excluding steroid dienone is 2. The molecule has 0 amide bonds. The van der Waals surface area contributed by atoms with Gasteiger partial charge in [-0.2, -0.15) is 0 Å². The Morgan fingerprint density at radius 1 is 1.50 bits per heavy atom. The molecule has 1 unspecified atom stereocenters. The van der Waals surface area contributed by atoms with Crippen LogP contribution in [0.2, 0.25) is 0 Å². The van der Waals surface area contributed by atoms with Gasteiger partial charge in [-0.1, -0.05) is 32.0 Å². The standard InChI is InChI=1S/C11H19ClN2/c1-6-7(2)11(13)14-10(5)8(3)9(4)12/h7H,5-6H2,1-4H3,(H2,13,14)/b9-8+. The number of aliphatic imine (C=N–C) groups is 1. The van der Waals surface area contributed by atoms with Crippen molar-refractivity contribution in [2.75, 3.05) is 0 Å². The normalized spacial score (nSPS) is 16.2. The van der Waals surface area contributed by atoms with E-state index in [-0.39, 0.29) is 5.92 Å². The molecule has 0 aliphatic rings. The first-order valence-electron chi connectivity index (χ1n) is 4.76. The predicted molar refractivity (Wildman–Crippen MR) is 64.4 cm³/mol. The van der Waals surface area contributed by atoms with Gasteiger partial charge in [0.25, 0.3) is 0 Å². The van der Waals surface area contributed by atoms with Crippen LogP contribution in [-0.4, -0.2) is 5.84 Å². The number of hydrogen-bond acceptors (Lipinski definition) is 1. The van der Waals surface area contributed by atoms with Crippen LogP contribution in [0.5, 0.6) is 0 Å². The highest BCUT2D eigenvalue weighted by Crippen LogP contribution is 2.17. The van der Waals surface area contributed by atoms with Crippen molar-refractivity contribution >= 4 is 17.4 Å². The molecule has 0 heterocycles. The van der Waals surface area contributed by atoms with Gasteiger partial charge in [-0.3, -0.25) is 0 Å². The lowest BCUT2D eigenvalue weighted by Gasteiger charge is -2.09. The summed E-state index contributed by atoms with van der Waals surface area (Å²) in [7, 11) is 0. The van der Waals surface area contributed by atoms with Crippen LogP contribution in [0.1, 0.15) is 34.1 Å². The maximum atomic E-state index is 5.83. The van der Waals surface area contributed by atoms with E-state index in [2.05, 4.69) is 18.5 Å². The highest BCUT2D eigenvalue weighted by Gasteiger charge is 2.05. The van der Waals surface area contributed by atoms with Crippen molar-refractivity contribution in [3.8, 4) is 0 Å². The van der Waals surface area contributed by atoms with E-state index >= 15 is 0 Å². The van der Waals surface area contributed by atoms with Crippen molar-refractivity contribution in [3.05, 3.63) is 22.9 Å². The molecule has 2 nitrogen and oxygen atoms in total. The summed E-state index contributed by atoms with van der Waals surface area (Å²) >= 11 is 5.83.